The fourth-order valence-electron chi connectivity index (χ4n) is 1.59. The summed E-state index contributed by atoms with van der Waals surface area (Å²) in [5, 5.41) is 0. The van der Waals surface area contributed by atoms with Crippen LogP contribution in [0.25, 0.3) is 0 Å². The zero-order chi connectivity index (χ0) is 11.5. The van der Waals surface area contributed by atoms with E-state index in [9.17, 15) is 4.79 Å². The van der Waals surface area contributed by atoms with Crippen LogP contribution in [0.4, 0.5) is 10.5 Å². The number of cyclic esters (lactones) is 1. The van der Waals surface area contributed by atoms with E-state index in [4.69, 9.17) is 16.9 Å². The van der Waals surface area contributed by atoms with Gasteiger partial charge in [-0.15, -0.1) is 6.42 Å². The lowest BCUT2D eigenvalue weighted by Gasteiger charge is -2.12. The van der Waals surface area contributed by atoms with Crippen LogP contribution < -0.4 is 10.6 Å². The molecule has 1 heterocycles. The van der Waals surface area contributed by atoms with Gasteiger partial charge in [0.2, 0.25) is 0 Å². The molecule has 0 saturated carbocycles. The first-order valence-electron chi connectivity index (χ1n) is 4.99. The van der Waals surface area contributed by atoms with E-state index in [1.807, 2.05) is 0 Å². The highest BCUT2D eigenvalue weighted by molar-refractivity contribution is 5.89. The average molecular weight is 216 g/mol. The molecule has 4 heteroatoms. The van der Waals surface area contributed by atoms with Gasteiger partial charge in [0.05, 0.1) is 6.54 Å². The van der Waals surface area contributed by atoms with Gasteiger partial charge >= 0.3 is 6.09 Å². The Morgan fingerprint density at radius 1 is 1.50 bits per heavy atom. The Kier molecular flexibility index (Phi) is 2.80. The number of anilines is 1. The summed E-state index contributed by atoms with van der Waals surface area (Å²) in [7, 11) is 0. The minimum absolute atomic E-state index is 0.222. The number of amides is 1. The summed E-state index contributed by atoms with van der Waals surface area (Å²) in [5.41, 5.74) is 7.01. The molecule has 1 aliphatic rings. The Morgan fingerprint density at radius 3 is 2.69 bits per heavy atom. The first-order chi connectivity index (χ1) is 7.74. The SMILES string of the molecule is C#Cc1ccc(N2CC(CN)OC2=O)cc1. The Labute approximate surface area is 94.0 Å². The summed E-state index contributed by atoms with van der Waals surface area (Å²) in [4.78, 5) is 13.1. The van der Waals surface area contributed by atoms with Gasteiger partial charge in [0, 0.05) is 17.8 Å². The predicted molar refractivity (Wildman–Crippen MR) is 61.0 cm³/mol. The molecule has 0 aromatic heterocycles. The minimum atomic E-state index is -0.357. The molecule has 16 heavy (non-hydrogen) atoms. The Morgan fingerprint density at radius 2 is 2.19 bits per heavy atom. The van der Waals surface area contributed by atoms with E-state index in [1.54, 1.807) is 29.2 Å². The second-order valence-corrected chi connectivity index (χ2v) is 3.54. The van der Waals surface area contributed by atoms with Crippen LogP contribution in [0.5, 0.6) is 0 Å². The molecule has 82 valence electrons. The average Bonchev–Trinajstić information content (AvgIpc) is 2.71. The minimum Gasteiger partial charge on any atom is -0.443 e. The third-order valence-electron chi connectivity index (χ3n) is 2.48. The lowest BCUT2D eigenvalue weighted by Crippen LogP contribution is -2.27. The molecule has 1 aromatic carbocycles. The number of nitrogens with two attached hydrogens (primary N) is 1. The number of carbonyl (C=O) groups is 1. The first kappa shape index (κ1) is 10.5. The summed E-state index contributed by atoms with van der Waals surface area (Å²) in [5.74, 6) is 2.52. The van der Waals surface area contributed by atoms with Gasteiger partial charge in [-0.1, -0.05) is 5.92 Å². The van der Waals surface area contributed by atoms with Crippen molar-refractivity contribution in [3.63, 3.8) is 0 Å². The van der Waals surface area contributed by atoms with Gasteiger partial charge in [-0.25, -0.2) is 4.79 Å². The highest BCUT2D eigenvalue weighted by atomic mass is 16.6. The third kappa shape index (κ3) is 1.86. The summed E-state index contributed by atoms with van der Waals surface area (Å²) in [6.07, 6.45) is 4.67. The fraction of sp³-hybridized carbons (Fsp3) is 0.250. The molecule has 0 bridgehead atoms. The predicted octanol–water partition coefficient (Wildman–Crippen LogP) is 0.952. The molecule has 0 radical (unpaired) electrons. The van der Waals surface area contributed by atoms with E-state index in [0.29, 0.717) is 13.1 Å². The van der Waals surface area contributed by atoms with Crippen molar-refractivity contribution < 1.29 is 9.53 Å². The van der Waals surface area contributed by atoms with Crippen LogP contribution in [0.15, 0.2) is 24.3 Å². The molecule has 1 saturated heterocycles. The zero-order valence-corrected chi connectivity index (χ0v) is 8.72. The molecule has 0 aliphatic carbocycles. The first-order valence-corrected chi connectivity index (χ1v) is 4.99. The lowest BCUT2D eigenvalue weighted by atomic mass is 10.2. The number of rotatable bonds is 2. The molecular formula is C12H12N2O2. The van der Waals surface area contributed by atoms with E-state index >= 15 is 0 Å². The Bertz CT molecular complexity index is 433. The molecule has 4 nitrogen and oxygen atoms in total. The van der Waals surface area contributed by atoms with Gasteiger partial charge in [-0.05, 0) is 24.3 Å². The maximum atomic E-state index is 11.5. The van der Waals surface area contributed by atoms with Crippen molar-refractivity contribution in [1.82, 2.24) is 0 Å². The molecule has 1 amide bonds. The molecule has 1 atom stereocenters. The summed E-state index contributed by atoms with van der Waals surface area (Å²) < 4.78 is 5.06. The standard InChI is InChI=1S/C12H12N2O2/c1-2-9-3-5-10(6-4-9)14-8-11(7-13)16-12(14)15/h1,3-6,11H,7-8,13H2. The Balaban J connectivity index is 2.19. The van der Waals surface area contributed by atoms with E-state index in [2.05, 4.69) is 5.92 Å². The Hall–Kier alpha value is -1.99. The second-order valence-electron chi connectivity index (χ2n) is 3.54. The normalized spacial score (nSPS) is 19.4. The van der Waals surface area contributed by atoms with Gasteiger partial charge in [0.25, 0.3) is 0 Å². The van der Waals surface area contributed by atoms with E-state index in [1.165, 1.54) is 0 Å². The number of carbonyl (C=O) groups excluding carboxylic acids is 1. The number of hydrogen-bond donors (Lipinski definition) is 1. The van der Waals surface area contributed by atoms with Gasteiger partial charge in [0.1, 0.15) is 6.10 Å². The molecule has 0 spiro atoms. The lowest BCUT2D eigenvalue weighted by molar-refractivity contribution is 0.145. The maximum absolute atomic E-state index is 11.5. The molecule has 1 fully saturated rings. The molecule has 2 N–H and O–H groups in total. The monoisotopic (exact) mass is 216 g/mol. The molecule has 1 unspecified atom stereocenters. The van der Waals surface area contributed by atoms with Gasteiger partial charge < -0.3 is 10.5 Å². The third-order valence-corrected chi connectivity index (χ3v) is 2.48. The van der Waals surface area contributed by atoms with Crippen LogP contribution in [0.3, 0.4) is 0 Å². The highest BCUT2D eigenvalue weighted by Crippen LogP contribution is 2.21. The highest BCUT2D eigenvalue weighted by Gasteiger charge is 2.31. The van der Waals surface area contributed by atoms with E-state index in [0.717, 1.165) is 11.3 Å². The van der Waals surface area contributed by atoms with Crippen molar-refractivity contribution in [1.29, 1.82) is 0 Å². The van der Waals surface area contributed by atoms with Crippen molar-refractivity contribution in [2.24, 2.45) is 5.73 Å². The number of hydrogen-bond acceptors (Lipinski definition) is 3. The molecule has 1 aliphatic heterocycles. The summed E-state index contributed by atoms with van der Waals surface area (Å²) in [6, 6.07) is 7.18. The van der Waals surface area contributed by atoms with Crippen molar-refractivity contribution in [3.05, 3.63) is 29.8 Å². The topological polar surface area (TPSA) is 55.6 Å². The van der Waals surface area contributed by atoms with E-state index in [-0.39, 0.29) is 12.2 Å². The number of ether oxygens (including phenoxy) is 1. The van der Waals surface area contributed by atoms with Crippen molar-refractivity contribution in [2.75, 3.05) is 18.0 Å². The number of terminal acetylenes is 1. The van der Waals surface area contributed by atoms with Crippen LogP contribution in [0.2, 0.25) is 0 Å². The molecule has 1 aromatic rings. The van der Waals surface area contributed by atoms with Gasteiger partial charge in [0.15, 0.2) is 0 Å². The second kappa shape index (κ2) is 4.25. The van der Waals surface area contributed by atoms with Crippen molar-refractivity contribution >= 4 is 11.8 Å². The van der Waals surface area contributed by atoms with Crippen LogP contribution in [0, 0.1) is 12.3 Å². The maximum Gasteiger partial charge on any atom is 0.414 e. The van der Waals surface area contributed by atoms with Crippen molar-refractivity contribution in [2.45, 2.75) is 6.10 Å². The molecular weight excluding hydrogens is 204 g/mol. The number of nitrogens with zero attached hydrogens (tertiary/aromatic N) is 1. The smallest absolute Gasteiger partial charge is 0.414 e. The summed E-state index contributed by atoms with van der Waals surface area (Å²) in [6.45, 7) is 0.829. The van der Waals surface area contributed by atoms with Gasteiger partial charge in [-0.3, -0.25) is 4.90 Å². The summed E-state index contributed by atoms with van der Waals surface area (Å²) >= 11 is 0. The van der Waals surface area contributed by atoms with Crippen LogP contribution >= 0.6 is 0 Å². The molecule has 2 rings (SSSR count). The van der Waals surface area contributed by atoms with E-state index < -0.39 is 0 Å². The fourth-order valence-corrected chi connectivity index (χ4v) is 1.59. The van der Waals surface area contributed by atoms with Gasteiger partial charge in [-0.2, -0.15) is 0 Å². The quantitative estimate of drug-likeness (QED) is 0.749. The van der Waals surface area contributed by atoms with Crippen LogP contribution in [-0.2, 0) is 4.74 Å². The van der Waals surface area contributed by atoms with Crippen LogP contribution in [-0.4, -0.2) is 25.3 Å². The largest absolute Gasteiger partial charge is 0.443 e. The van der Waals surface area contributed by atoms with Crippen LogP contribution in [0.1, 0.15) is 5.56 Å². The van der Waals surface area contributed by atoms with Crippen molar-refractivity contribution in [3.8, 4) is 12.3 Å². The number of benzene rings is 1. The zero-order valence-electron chi connectivity index (χ0n) is 8.72.